The number of pyridine rings is 1. The first kappa shape index (κ1) is 12.2. The summed E-state index contributed by atoms with van der Waals surface area (Å²) >= 11 is 11.6. The quantitative estimate of drug-likeness (QED) is 0.625. The Morgan fingerprint density at radius 2 is 2.29 bits per heavy atom. The molecule has 17 heavy (non-hydrogen) atoms. The van der Waals surface area contributed by atoms with Gasteiger partial charge in [0.1, 0.15) is 11.8 Å². The van der Waals surface area contributed by atoms with E-state index in [0.717, 1.165) is 11.3 Å². The number of halogens is 2. The van der Waals surface area contributed by atoms with Crippen LogP contribution in [0, 0.1) is 0 Å². The molecule has 1 aromatic rings. The van der Waals surface area contributed by atoms with Crippen LogP contribution in [0.3, 0.4) is 0 Å². The van der Waals surface area contributed by atoms with Gasteiger partial charge in [0.2, 0.25) is 0 Å². The monoisotopic (exact) mass is 272 g/mol. The normalized spacial score (nSPS) is 14.5. The fourth-order valence-corrected chi connectivity index (χ4v) is 1.80. The fraction of sp³-hybridized carbons (Fsp3) is 0.273. The van der Waals surface area contributed by atoms with Crippen molar-refractivity contribution < 1.29 is 9.53 Å². The van der Waals surface area contributed by atoms with Crippen LogP contribution in [0.25, 0.3) is 0 Å². The topological polar surface area (TPSA) is 42.4 Å². The summed E-state index contributed by atoms with van der Waals surface area (Å²) in [7, 11) is 1.87. The molecule has 4 nitrogen and oxygen atoms in total. The molecule has 6 heteroatoms. The molecule has 0 N–H and O–H groups in total. The molecule has 1 aliphatic heterocycles. The molecule has 0 fully saturated rings. The Kier molecular flexibility index (Phi) is 3.54. The molecule has 0 aliphatic carbocycles. The van der Waals surface area contributed by atoms with Crippen molar-refractivity contribution in [3.63, 3.8) is 0 Å². The number of cyclic esters (lactones) is 1. The molecule has 1 aromatic heterocycles. The average molecular weight is 273 g/mol. The second-order valence-electron chi connectivity index (χ2n) is 3.72. The minimum atomic E-state index is -0.306. The zero-order chi connectivity index (χ0) is 12.4. The highest BCUT2D eigenvalue weighted by Gasteiger charge is 2.16. The standard InChI is InChI=1S/C11H10Cl2N2O2/c1-15(8-3-10(16)17-6-8)5-7-2-9(12)11(13)14-4-7/h2-4H,5-6H2,1H3. The summed E-state index contributed by atoms with van der Waals surface area (Å²) < 4.78 is 4.83. The second kappa shape index (κ2) is 4.94. The molecule has 2 heterocycles. The number of ether oxygens (including phenoxy) is 1. The Morgan fingerprint density at radius 1 is 1.53 bits per heavy atom. The van der Waals surface area contributed by atoms with Crippen LogP contribution in [0.2, 0.25) is 10.2 Å². The van der Waals surface area contributed by atoms with E-state index in [2.05, 4.69) is 4.98 Å². The number of nitrogens with zero attached hydrogens (tertiary/aromatic N) is 2. The summed E-state index contributed by atoms with van der Waals surface area (Å²) in [6.07, 6.45) is 3.13. The Hall–Kier alpha value is -1.26. The van der Waals surface area contributed by atoms with Gasteiger partial charge in [-0.1, -0.05) is 23.2 Å². The molecule has 0 saturated carbocycles. The first-order chi connectivity index (χ1) is 8.06. The summed E-state index contributed by atoms with van der Waals surface area (Å²) in [5.74, 6) is -0.306. The molecule has 0 spiro atoms. The highest BCUT2D eigenvalue weighted by molar-refractivity contribution is 6.41. The maximum absolute atomic E-state index is 10.9. The summed E-state index contributed by atoms with van der Waals surface area (Å²) in [6, 6.07) is 1.76. The molecule has 0 bridgehead atoms. The molecule has 90 valence electrons. The summed E-state index contributed by atoms with van der Waals surface area (Å²) in [5.41, 5.74) is 1.75. The van der Waals surface area contributed by atoms with E-state index in [4.69, 9.17) is 27.9 Å². The molecule has 1 aliphatic rings. The number of carbonyl (C=O) groups is 1. The van der Waals surface area contributed by atoms with Gasteiger partial charge in [0.05, 0.1) is 10.7 Å². The highest BCUT2D eigenvalue weighted by atomic mass is 35.5. The van der Waals surface area contributed by atoms with Crippen LogP contribution in [-0.4, -0.2) is 29.5 Å². The van der Waals surface area contributed by atoms with Gasteiger partial charge >= 0.3 is 5.97 Å². The molecule has 0 unspecified atom stereocenters. The smallest absolute Gasteiger partial charge is 0.333 e. The van der Waals surface area contributed by atoms with E-state index in [1.807, 2.05) is 11.9 Å². The molecule has 0 atom stereocenters. The van der Waals surface area contributed by atoms with Crippen molar-refractivity contribution in [1.82, 2.24) is 9.88 Å². The first-order valence-corrected chi connectivity index (χ1v) is 5.70. The van der Waals surface area contributed by atoms with E-state index in [9.17, 15) is 4.79 Å². The maximum Gasteiger partial charge on any atom is 0.333 e. The number of likely N-dealkylation sites (N-methyl/N-ethyl adjacent to an activating group) is 1. The summed E-state index contributed by atoms with van der Waals surface area (Å²) in [6.45, 7) is 0.899. The van der Waals surface area contributed by atoms with Crippen molar-refractivity contribution in [2.75, 3.05) is 13.7 Å². The SMILES string of the molecule is CN(Cc1cnc(Cl)c(Cl)c1)C1=CC(=O)OC1. The molecule has 0 radical (unpaired) electrons. The lowest BCUT2D eigenvalue weighted by atomic mass is 10.2. The van der Waals surface area contributed by atoms with Crippen molar-refractivity contribution in [3.8, 4) is 0 Å². The van der Waals surface area contributed by atoms with Crippen LogP contribution in [0.15, 0.2) is 24.0 Å². The predicted octanol–water partition coefficient (Wildman–Crippen LogP) is 2.26. The number of rotatable bonds is 3. The fourth-order valence-electron chi connectivity index (χ4n) is 1.51. The van der Waals surface area contributed by atoms with E-state index >= 15 is 0 Å². The Labute approximate surface area is 109 Å². The van der Waals surface area contributed by atoms with Gasteiger partial charge in [0, 0.05) is 25.9 Å². The number of aromatic nitrogens is 1. The molecule has 0 saturated heterocycles. The van der Waals surface area contributed by atoms with Crippen LogP contribution in [-0.2, 0) is 16.1 Å². The van der Waals surface area contributed by atoms with Crippen LogP contribution in [0.1, 0.15) is 5.56 Å². The molecule has 0 amide bonds. The highest BCUT2D eigenvalue weighted by Crippen LogP contribution is 2.21. The molecular formula is C11H10Cl2N2O2. The lowest BCUT2D eigenvalue weighted by Gasteiger charge is -2.19. The van der Waals surface area contributed by atoms with Crippen molar-refractivity contribution in [3.05, 3.63) is 39.8 Å². The van der Waals surface area contributed by atoms with Gasteiger partial charge in [-0.15, -0.1) is 0 Å². The van der Waals surface area contributed by atoms with E-state index in [1.165, 1.54) is 6.08 Å². The largest absolute Gasteiger partial charge is 0.456 e. The van der Waals surface area contributed by atoms with Gasteiger partial charge in [-0.2, -0.15) is 0 Å². The van der Waals surface area contributed by atoms with E-state index in [1.54, 1.807) is 12.3 Å². The minimum Gasteiger partial charge on any atom is -0.456 e. The predicted molar refractivity (Wildman–Crippen MR) is 64.8 cm³/mol. The van der Waals surface area contributed by atoms with Crippen LogP contribution in [0.5, 0.6) is 0 Å². The van der Waals surface area contributed by atoms with Gasteiger partial charge in [-0.05, 0) is 11.6 Å². The van der Waals surface area contributed by atoms with Crippen LogP contribution < -0.4 is 0 Å². The van der Waals surface area contributed by atoms with Crippen molar-refractivity contribution >= 4 is 29.2 Å². The zero-order valence-electron chi connectivity index (χ0n) is 9.11. The van der Waals surface area contributed by atoms with E-state index in [0.29, 0.717) is 18.2 Å². The van der Waals surface area contributed by atoms with Crippen LogP contribution >= 0.6 is 23.2 Å². The summed E-state index contributed by atoms with van der Waals surface area (Å²) in [5, 5.41) is 0.710. The van der Waals surface area contributed by atoms with Crippen molar-refractivity contribution in [2.45, 2.75) is 6.54 Å². The Bertz CT molecular complexity index is 488. The first-order valence-electron chi connectivity index (χ1n) is 4.94. The van der Waals surface area contributed by atoms with Gasteiger partial charge in [-0.25, -0.2) is 9.78 Å². The average Bonchev–Trinajstić information content (AvgIpc) is 2.70. The van der Waals surface area contributed by atoms with Gasteiger partial charge in [0.15, 0.2) is 0 Å². The van der Waals surface area contributed by atoms with Crippen LogP contribution in [0.4, 0.5) is 0 Å². The Morgan fingerprint density at radius 3 is 2.88 bits per heavy atom. The van der Waals surface area contributed by atoms with Crippen molar-refractivity contribution in [2.24, 2.45) is 0 Å². The van der Waals surface area contributed by atoms with Gasteiger partial charge in [0.25, 0.3) is 0 Å². The van der Waals surface area contributed by atoms with E-state index in [-0.39, 0.29) is 11.1 Å². The third kappa shape index (κ3) is 2.90. The molecule has 0 aromatic carbocycles. The van der Waals surface area contributed by atoms with Crippen molar-refractivity contribution in [1.29, 1.82) is 0 Å². The number of carbonyl (C=O) groups excluding carboxylic acids is 1. The van der Waals surface area contributed by atoms with Gasteiger partial charge < -0.3 is 9.64 Å². The number of esters is 1. The molecular weight excluding hydrogens is 263 g/mol. The third-order valence-electron chi connectivity index (χ3n) is 2.41. The third-order valence-corrected chi connectivity index (χ3v) is 3.10. The number of hydrogen-bond acceptors (Lipinski definition) is 4. The second-order valence-corrected chi connectivity index (χ2v) is 4.48. The maximum atomic E-state index is 10.9. The zero-order valence-corrected chi connectivity index (χ0v) is 10.6. The Balaban J connectivity index is 2.08. The van der Waals surface area contributed by atoms with Gasteiger partial charge in [-0.3, -0.25) is 0 Å². The lowest BCUT2D eigenvalue weighted by molar-refractivity contribution is -0.135. The summed E-state index contributed by atoms with van der Waals surface area (Å²) in [4.78, 5) is 16.8. The molecule has 2 rings (SSSR count). The lowest BCUT2D eigenvalue weighted by Crippen LogP contribution is -2.18. The minimum absolute atomic E-state index is 0.289. The van der Waals surface area contributed by atoms with E-state index < -0.39 is 0 Å². The number of hydrogen-bond donors (Lipinski definition) is 0.